The van der Waals surface area contributed by atoms with Crippen LogP contribution in [0.2, 0.25) is 0 Å². The third-order valence-corrected chi connectivity index (χ3v) is 4.14. The molecule has 2 aromatic rings. The first-order chi connectivity index (χ1) is 11.8. The molecular weight excluding hydrogens is 322 g/mol. The third-order valence-electron chi connectivity index (χ3n) is 4.14. The Morgan fingerprint density at radius 1 is 1.28 bits per heavy atom. The third kappa shape index (κ3) is 3.81. The van der Waals surface area contributed by atoms with Gasteiger partial charge in [-0.05, 0) is 44.0 Å². The van der Waals surface area contributed by atoms with E-state index >= 15 is 0 Å². The fourth-order valence-electron chi connectivity index (χ4n) is 2.38. The monoisotopic (exact) mass is 345 g/mol. The molecule has 0 aliphatic heterocycles. The van der Waals surface area contributed by atoms with Gasteiger partial charge >= 0.3 is 5.97 Å². The zero-order chi connectivity index (χ0) is 18.6. The van der Waals surface area contributed by atoms with Gasteiger partial charge in [-0.1, -0.05) is 13.0 Å². The zero-order valence-electron chi connectivity index (χ0n) is 15.1. The topological polar surface area (TPSA) is 82.5 Å². The number of amides is 1. The molecule has 0 bridgehead atoms. The van der Waals surface area contributed by atoms with Gasteiger partial charge in [0.15, 0.2) is 5.69 Å². The number of benzene rings is 1. The van der Waals surface area contributed by atoms with Gasteiger partial charge in [0, 0.05) is 6.20 Å². The Balaban J connectivity index is 2.28. The highest BCUT2D eigenvalue weighted by Gasteiger charge is 2.34. The lowest BCUT2D eigenvalue weighted by molar-refractivity contribution is -0.147. The van der Waals surface area contributed by atoms with Crippen LogP contribution >= 0.6 is 0 Å². The Morgan fingerprint density at radius 2 is 2.00 bits per heavy atom. The van der Waals surface area contributed by atoms with Crippen molar-refractivity contribution in [2.24, 2.45) is 0 Å². The lowest BCUT2D eigenvalue weighted by atomic mass is 9.99. The van der Waals surface area contributed by atoms with Gasteiger partial charge in [0.1, 0.15) is 17.0 Å². The number of carbonyl (C=O) groups is 2. The first kappa shape index (κ1) is 18.5. The molecule has 0 aliphatic rings. The maximum absolute atomic E-state index is 12.5. The summed E-state index contributed by atoms with van der Waals surface area (Å²) in [7, 11) is 2.87. The molecule has 0 radical (unpaired) electrons. The quantitative estimate of drug-likeness (QED) is 0.812. The largest absolute Gasteiger partial charge is 0.494 e. The maximum Gasteiger partial charge on any atom is 0.331 e. The van der Waals surface area contributed by atoms with E-state index in [1.54, 1.807) is 37.9 Å². The Kier molecular flexibility index (Phi) is 5.46. The van der Waals surface area contributed by atoms with E-state index in [9.17, 15) is 9.59 Å². The molecule has 0 aliphatic carbocycles. The van der Waals surface area contributed by atoms with Crippen LogP contribution in [0.15, 0.2) is 30.5 Å². The van der Waals surface area contributed by atoms with E-state index in [0.29, 0.717) is 12.2 Å². The van der Waals surface area contributed by atoms with Crippen LogP contribution in [0.4, 0.5) is 0 Å². The van der Waals surface area contributed by atoms with Crippen molar-refractivity contribution >= 4 is 11.9 Å². The van der Waals surface area contributed by atoms with Gasteiger partial charge < -0.3 is 14.8 Å². The fourth-order valence-corrected chi connectivity index (χ4v) is 2.38. The van der Waals surface area contributed by atoms with Crippen LogP contribution in [-0.4, -0.2) is 41.4 Å². The molecule has 7 heteroatoms. The van der Waals surface area contributed by atoms with E-state index in [0.717, 1.165) is 11.3 Å². The number of nitrogens with one attached hydrogen (secondary N) is 1. The number of hydrogen-bond acceptors (Lipinski definition) is 5. The summed E-state index contributed by atoms with van der Waals surface area (Å²) in [6.07, 6.45) is 2.07. The molecule has 1 heterocycles. The predicted molar refractivity (Wildman–Crippen MR) is 93.0 cm³/mol. The van der Waals surface area contributed by atoms with Gasteiger partial charge in [0.05, 0.1) is 14.2 Å². The van der Waals surface area contributed by atoms with Gasteiger partial charge in [0.2, 0.25) is 0 Å². The van der Waals surface area contributed by atoms with Crippen LogP contribution in [0.25, 0.3) is 5.69 Å². The molecule has 2 rings (SSSR count). The molecule has 0 saturated carbocycles. The van der Waals surface area contributed by atoms with Crippen molar-refractivity contribution in [1.82, 2.24) is 15.1 Å². The number of aryl methyl sites for hydroxylation is 1. The molecule has 1 amide bonds. The number of methoxy groups -OCH3 is 2. The molecule has 1 atom stereocenters. The molecule has 134 valence electrons. The summed E-state index contributed by atoms with van der Waals surface area (Å²) in [5.41, 5.74) is 0.873. The predicted octanol–water partition coefficient (Wildman–Crippen LogP) is 2.26. The average molecular weight is 345 g/mol. The number of aromatic nitrogens is 2. The summed E-state index contributed by atoms with van der Waals surface area (Å²) in [5.74, 6) is -0.295. The number of carbonyl (C=O) groups excluding carboxylic acids is 2. The molecule has 0 spiro atoms. The minimum absolute atomic E-state index is 0.201. The Bertz CT molecular complexity index is 784. The van der Waals surface area contributed by atoms with Crippen LogP contribution in [0.3, 0.4) is 0 Å². The zero-order valence-corrected chi connectivity index (χ0v) is 15.1. The Hall–Kier alpha value is -2.83. The molecule has 1 aromatic carbocycles. The average Bonchev–Trinajstić information content (AvgIpc) is 3.10. The van der Waals surface area contributed by atoms with Crippen molar-refractivity contribution in [1.29, 1.82) is 0 Å². The second kappa shape index (κ2) is 7.38. The highest BCUT2D eigenvalue weighted by atomic mass is 16.5. The number of hydrogen-bond donors (Lipinski definition) is 1. The van der Waals surface area contributed by atoms with E-state index < -0.39 is 17.4 Å². The molecule has 0 saturated heterocycles. The van der Waals surface area contributed by atoms with Crippen molar-refractivity contribution in [2.45, 2.75) is 32.7 Å². The van der Waals surface area contributed by atoms with Gasteiger partial charge in [-0.3, -0.25) is 4.79 Å². The van der Waals surface area contributed by atoms with E-state index in [1.807, 2.05) is 25.1 Å². The van der Waals surface area contributed by atoms with Crippen molar-refractivity contribution in [3.05, 3.63) is 41.7 Å². The Labute approximate surface area is 146 Å². The summed E-state index contributed by atoms with van der Waals surface area (Å²) >= 11 is 0. The molecule has 1 aromatic heterocycles. The van der Waals surface area contributed by atoms with Gasteiger partial charge in [0.25, 0.3) is 5.91 Å². The van der Waals surface area contributed by atoms with Gasteiger partial charge in [-0.15, -0.1) is 0 Å². The minimum atomic E-state index is -1.10. The summed E-state index contributed by atoms with van der Waals surface area (Å²) in [4.78, 5) is 24.4. The van der Waals surface area contributed by atoms with Crippen LogP contribution in [-0.2, 0) is 9.53 Å². The van der Waals surface area contributed by atoms with E-state index in [1.165, 1.54) is 7.11 Å². The standard InChI is InChI=1S/C18H23N3O4/c1-6-18(3,17(23)25-5)19-16(22)13-9-10-21(20-13)14-11-12(2)7-8-15(14)24-4/h7-11H,6H2,1-5H3,(H,19,22). The van der Waals surface area contributed by atoms with Crippen molar-refractivity contribution in [3.8, 4) is 11.4 Å². The van der Waals surface area contributed by atoms with E-state index in [4.69, 9.17) is 9.47 Å². The van der Waals surface area contributed by atoms with Crippen molar-refractivity contribution < 1.29 is 19.1 Å². The lowest BCUT2D eigenvalue weighted by Crippen LogP contribution is -2.52. The van der Waals surface area contributed by atoms with Crippen molar-refractivity contribution in [2.75, 3.05) is 14.2 Å². The smallest absolute Gasteiger partial charge is 0.331 e. The first-order valence-electron chi connectivity index (χ1n) is 7.96. The molecule has 1 N–H and O–H groups in total. The number of ether oxygens (including phenoxy) is 2. The maximum atomic E-state index is 12.5. The van der Waals surface area contributed by atoms with Crippen LogP contribution < -0.4 is 10.1 Å². The summed E-state index contributed by atoms with van der Waals surface area (Å²) < 4.78 is 11.7. The highest BCUT2D eigenvalue weighted by molar-refractivity contribution is 5.96. The molecule has 0 fully saturated rings. The van der Waals surface area contributed by atoms with Crippen molar-refractivity contribution in [3.63, 3.8) is 0 Å². The van der Waals surface area contributed by atoms with E-state index in [-0.39, 0.29) is 5.69 Å². The minimum Gasteiger partial charge on any atom is -0.494 e. The number of nitrogens with zero attached hydrogens (tertiary/aromatic N) is 2. The van der Waals surface area contributed by atoms with Crippen LogP contribution in [0, 0.1) is 6.92 Å². The SMILES string of the molecule is CCC(C)(NC(=O)c1ccn(-c2cc(C)ccc2OC)n1)C(=O)OC. The number of esters is 1. The van der Waals surface area contributed by atoms with E-state index in [2.05, 4.69) is 10.4 Å². The van der Waals surface area contributed by atoms with Crippen LogP contribution in [0.1, 0.15) is 36.3 Å². The molecule has 1 unspecified atom stereocenters. The first-order valence-corrected chi connectivity index (χ1v) is 7.96. The molecule has 25 heavy (non-hydrogen) atoms. The van der Waals surface area contributed by atoms with Crippen LogP contribution in [0.5, 0.6) is 5.75 Å². The summed E-state index contributed by atoms with van der Waals surface area (Å²) in [5, 5.41) is 7.00. The summed E-state index contributed by atoms with van der Waals surface area (Å²) in [6, 6.07) is 7.28. The normalized spacial score (nSPS) is 13.0. The fraction of sp³-hybridized carbons (Fsp3) is 0.389. The lowest BCUT2D eigenvalue weighted by Gasteiger charge is -2.25. The Morgan fingerprint density at radius 3 is 2.60 bits per heavy atom. The highest BCUT2D eigenvalue weighted by Crippen LogP contribution is 2.23. The molecule has 7 nitrogen and oxygen atoms in total. The summed E-state index contributed by atoms with van der Waals surface area (Å²) in [6.45, 7) is 5.38. The van der Waals surface area contributed by atoms with Gasteiger partial charge in [-0.2, -0.15) is 5.10 Å². The number of rotatable bonds is 6. The molecular formula is C18H23N3O4. The second-order valence-corrected chi connectivity index (χ2v) is 5.95. The second-order valence-electron chi connectivity index (χ2n) is 5.95. The van der Waals surface area contributed by atoms with Gasteiger partial charge in [-0.25, -0.2) is 9.48 Å².